The van der Waals surface area contributed by atoms with Crippen molar-refractivity contribution in [2.75, 3.05) is 0 Å². The number of nitrogens with zero attached hydrogens (tertiary/aromatic N) is 4. The van der Waals surface area contributed by atoms with E-state index in [-0.39, 0.29) is 5.41 Å². The minimum atomic E-state index is -0.287. The number of fused-ring (bicyclic) bond motifs is 7. The van der Waals surface area contributed by atoms with E-state index in [0.717, 1.165) is 66.6 Å². The SMILES string of the molecule is CC1(C)c2cc(-c3nc(-c4ccc(-c5ccc6ccccc6c5)cc4)nc4ccccc34)ccc2-c2ccc(-c3nc(-c4ccc(-c5ccc6ccccc6c5)cc4)nc4ccccc34)cc21. The zero-order valence-corrected chi connectivity index (χ0v) is 37.1. The lowest BCUT2D eigenvalue weighted by atomic mass is 9.81. The number of benzene rings is 10. The van der Waals surface area contributed by atoms with Gasteiger partial charge in [-0.2, -0.15) is 0 Å². The Morgan fingerprint density at radius 1 is 0.284 bits per heavy atom. The Hall–Kier alpha value is -8.60. The molecule has 314 valence electrons. The van der Waals surface area contributed by atoms with E-state index in [4.69, 9.17) is 19.9 Å². The molecule has 0 saturated heterocycles. The Morgan fingerprint density at radius 3 is 1.09 bits per heavy atom. The highest BCUT2D eigenvalue weighted by Gasteiger charge is 2.36. The van der Waals surface area contributed by atoms with Crippen molar-refractivity contribution in [3.63, 3.8) is 0 Å². The second-order valence-electron chi connectivity index (χ2n) is 18.3. The predicted molar refractivity (Wildman–Crippen MR) is 278 cm³/mol. The van der Waals surface area contributed by atoms with Crippen molar-refractivity contribution < 1.29 is 0 Å². The minimum Gasteiger partial charge on any atom is -0.228 e. The van der Waals surface area contributed by atoms with Crippen molar-refractivity contribution in [1.82, 2.24) is 19.9 Å². The van der Waals surface area contributed by atoms with Crippen LogP contribution in [0.5, 0.6) is 0 Å². The molecule has 1 aliphatic carbocycles. The predicted octanol–water partition coefficient (Wildman–Crippen LogP) is 16.2. The first-order valence-corrected chi connectivity index (χ1v) is 22.9. The first kappa shape index (κ1) is 38.8. The van der Waals surface area contributed by atoms with Crippen LogP contribution in [-0.2, 0) is 5.41 Å². The van der Waals surface area contributed by atoms with Crippen molar-refractivity contribution in [2.24, 2.45) is 0 Å². The quantitative estimate of drug-likeness (QED) is 0.167. The van der Waals surface area contributed by atoms with Gasteiger partial charge in [0.05, 0.1) is 22.4 Å². The molecule has 0 radical (unpaired) electrons. The first-order valence-electron chi connectivity index (χ1n) is 22.9. The van der Waals surface area contributed by atoms with Gasteiger partial charge in [-0.25, -0.2) is 19.9 Å². The minimum absolute atomic E-state index is 0.287. The van der Waals surface area contributed by atoms with Gasteiger partial charge in [-0.05, 0) is 102 Å². The number of para-hydroxylation sites is 2. The molecule has 12 aromatic rings. The van der Waals surface area contributed by atoms with E-state index in [1.165, 1.54) is 54.9 Å². The standard InChI is InChI=1S/C63H42N4/c1-63(2)55-37-49(59-53-15-7-9-17-57(53)64-61(66-59)43-25-19-41(20-26-43)47-29-23-39-11-3-5-13-45(39)35-47)31-33-51(55)52-34-32-50(38-56(52)63)60-54-16-8-10-18-58(54)65-62(67-60)44-27-21-42(22-28-44)48-30-24-40-12-4-6-14-46(40)36-48/h3-38H,1-2H3. The Kier molecular flexibility index (Phi) is 8.84. The van der Waals surface area contributed by atoms with Crippen molar-refractivity contribution in [2.45, 2.75) is 19.3 Å². The topological polar surface area (TPSA) is 51.6 Å². The molecule has 0 unspecified atom stereocenters. The molecule has 0 spiro atoms. The van der Waals surface area contributed by atoms with Gasteiger partial charge >= 0.3 is 0 Å². The van der Waals surface area contributed by atoms with E-state index < -0.39 is 0 Å². The van der Waals surface area contributed by atoms with Gasteiger partial charge in [0, 0.05) is 38.4 Å². The van der Waals surface area contributed by atoms with Crippen LogP contribution in [0.1, 0.15) is 25.0 Å². The summed E-state index contributed by atoms with van der Waals surface area (Å²) in [7, 11) is 0. The van der Waals surface area contributed by atoms with Crippen molar-refractivity contribution in [3.05, 3.63) is 230 Å². The summed E-state index contributed by atoms with van der Waals surface area (Å²) in [5, 5.41) is 7.01. The summed E-state index contributed by atoms with van der Waals surface area (Å²) in [6.45, 7) is 4.68. The number of rotatable bonds is 6. The van der Waals surface area contributed by atoms with E-state index in [2.05, 4.69) is 232 Å². The Morgan fingerprint density at radius 2 is 0.642 bits per heavy atom. The molecule has 1 aliphatic rings. The highest BCUT2D eigenvalue weighted by Crippen LogP contribution is 2.51. The van der Waals surface area contributed by atoms with Crippen LogP contribution in [0.15, 0.2) is 218 Å². The van der Waals surface area contributed by atoms with Gasteiger partial charge in [-0.3, -0.25) is 0 Å². The van der Waals surface area contributed by atoms with Crippen LogP contribution in [-0.4, -0.2) is 19.9 Å². The summed E-state index contributed by atoms with van der Waals surface area (Å²) < 4.78 is 0. The van der Waals surface area contributed by atoms with Gasteiger partial charge in [0.15, 0.2) is 11.6 Å². The van der Waals surface area contributed by atoms with Gasteiger partial charge in [-0.1, -0.05) is 196 Å². The molecule has 0 fully saturated rings. The molecule has 10 aromatic carbocycles. The number of hydrogen-bond donors (Lipinski definition) is 0. The average molecular weight is 855 g/mol. The largest absolute Gasteiger partial charge is 0.228 e. The second kappa shape index (κ2) is 15.3. The number of hydrogen-bond acceptors (Lipinski definition) is 4. The highest BCUT2D eigenvalue weighted by atomic mass is 14.9. The molecule has 4 heteroatoms. The van der Waals surface area contributed by atoms with E-state index in [9.17, 15) is 0 Å². The lowest BCUT2D eigenvalue weighted by Crippen LogP contribution is -2.15. The van der Waals surface area contributed by atoms with Crippen LogP contribution in [0.2, 0.25) is 0 Å². The summed E-state index contributed by atoms with van der Waals surface area (Å²) in [4.78, 5) is 20.9. The van der Waals surface area contributed by atoms with Crippen molar-refractivity contribution in [1.29, 1.82) is 0 Å². The molecular weight excluding hydrogens is 813 g/mol. The van der Waals surface area contributed by atoms with E-state index in [1.807, 2.05) is 0 Å². The van der Waals surface area contributed by atoms with Gasteiger partial charge < -0.3 is 0 Å². The Labute approximate surface area is 389 Å². The molecule has 0 bridgehead atoms. The first-order chi connectivity index (χ1) is 32.9. The molecular formula is C63H42N4. The van der Waals surface area contributed by atoms with Gasteiger partial charge in [0.2, 0.25) is 0 Å². The van der Waals surface area contributed by atoms with Crippen LogP contribution in [0, 0.1) is 0 Å². The number of aromatic nitrogens is 4. The summed E-state index contributed by atoms with van der Waals surface area (Å²) in [5.41, 5.74) is 17.3. The van der Waals surface area contributed by atoms with Crippen molar-refractivity contribution in [3.8, 4) is 78.7 Å². The van der Waals surface area contributed by atoms with Gasteiger partial charge in [-0.15, -0.1) is 0 Å². The molecule has 2 heterocycles. The lowest BCUT2D eigenvalue weighted by molar-refractivity contribution is 0.661. The van der Waals surface area contributed by atoms with Gasteiger partial charge in [0.1, 0.15) is 0 Å². The summed E-state index contributed by atoms with van der Waals surface area (Å²) >= 11 is 0. The van der Waals surface area contributed by atoms with Crippen LogP contribution in [0.3, 0.4) is 0 Å². The monoisotopic (exact) mass is 854 g/mol. The van der Waals surface area contributed by atoms with Crippen LogP contribution in [0.25, 0.3) is 122 Å². The maximum atomic E-state index is 5.33. The second-order valence-corrected chi connectivity index (χ2v) is 18.3. The average Bonchev–Trinajstić information content (AvgIpc) is 3.62. The maximum Gasteiger partial charge on any atom is 0.160 e. The summed E-state index contributed by atoms with van der Waals surface area (Å²) in [5.74, 6) is 1.42. The van der Waals surface area contributed by atoms with Crippen molar-refractivity contribution >= 4 is 43.4 Å². The van der Waals surface area contributed by atoms with Crippen LogP contribution in [0.4, 0.5) is 0 Å². The third-order valence-corrected chi connectivity index (χ3v) is 13.9. The van der Waals surface area contributed by atoms with Crippen LogP contribution >= 0.6 is 0 Å². The van der Waals surface area contributed by atoms with E-state index >= 15 is 0 Å². The molecule has 2 aromatic heterocycles. The molecule has 4 nitrogen and oxygen atoms in total. The third-order valence-electron chi connectivity index (χ3n) is 13.9. The Balaban J connectivity index is 0.845. The van der Waals surface area contributed by atoms with E-state index in [1.54, 1.807) is 0 Å². The zero-order valence-electron chi connectivity index (χ0n) is 37.1. The van der Waals surface area contributed by atoms with Gasteiger partial charge in [0.25, 0.3) is 0 Å². The smallest absolute Gasteiger partial charge is 0.160 e. The van der Waals surface area contributed by atoms with E-state index in [0.29, 0.717) is 11.6 Å². The fraction of sp³-hybridized carbons (Fsp3) is 0.0476. The fourth-order valence-corrected chi connectivity index (χ4v) is 10.2. The zero-order chi connectivity index (χ0) is 44.6. The summed E-state index contributed by atoms with van der Waals surface area (Å²) in [6.07, 6.45) is 0. The molecule has 0 N–H and O–H groups in total. The summed E-state index contributed by atoms with van der Waals surface area (Å²) in [6, 6.07) is 78.0. The molecule has 67 heavy (non-hydrogen) atoms. The third kappa shape index (κ3) is 6.60. The molecule has 0 aliphatic heterocycles. The molecule has 0 amide bonds. The molecule has 13 rings (SSSR count). The maximum absolute atomic E-state index is 5.33. The van der Waals surface area contributed by atoms with Crippen LogP contribution < -0.4 is 0 Å². The molecule has 0 atom stereocenters. The normalized spacial score (nSPS) is 12.7. The fourth-order valence-electron chi connectivity index (χ4n) is 10.2. The highest BCUT2D eigenvalue weighted by molar-refractivity contribution is 5.98. The molecule has 0 saturated carbocycles. The lowest BCUT2D eigenvalue weighted by Gasteiger charge is -2.23. The Bertz CT molecular complexity index is 3690.